The van der Waals surface area contributed by atoms with E-state index in [4.69, 9.17) is 9.72 Å². The number of carbonyl (C=O) groups is 2. The topological polar surface area (TPSA) is 150 Å². The fraction of sp³-hybridized carbons (Fsp3) is 0.583. The normalized spacial score (nSPS) is 22.7. The lowest BCUT2D eigenvalue weighted by Gasteiger charge is -2.50. The summed E-state index contributed by atoms with van der Waals surface area (Å²) < 4.78 is 9.64. The van der Waals surface area contributed by atoms with Crippen molar-refractivity contribution >= 4 is 45.3 Å². The fourth-order valence-corrected chi connectivity index (χ4v) is 10.8. The first-order valence-electron chi connectivity index (χ1n) is 23.4. The second kappa shape index (κ2) is 16.4. The Morgan fingerprint density at radius 3 is 2.27 bits per heavy atom. The van der Waals surface area contributed by atoms with Crippen LogP contribution in [-0.2, 0) is 9.59 Å². The molecule has 10 rings (SSSR count). The average Bonchev–Trinajstić information content (AvgIpc) is 3.71. The van der Waals surface area contributed by atoms with Gasteiger partial charge in [-0.1, -0.05) is 0 Å². The first kappa shape index (κ1) is 41.7. The molecule has 0 spiro atoms. The quantitative estimate of drug-likeness (QED) is 0.147. The third kappa shape index (κ3) is 8.34. The lowest BCUT2D eigenvalue weighted by atomic mass is 9.90. The molecule has 334 valence electrons. The Morgan fingerprint density at radius 1 is 0.810 bits per heavy atom. The molecular formula is C48H63N11O4. The van der Waals surface area contributed by atoms with Crippen molar-refractivity contribution in [2.45, 2.75) is 109 Å². The number of hydrogen-bond acceptors (Lipinski definition) is 11. The number of aromatic amines is 1. The monoisotopic (exact) mass is 858 g/mol. The first-order chi connectivity index (χ1) is 30.3. The third-order valence-corrected chi connectivity index (χ3v) is 14.7. The number of benzene rings is 2. The predicted octanol–water partition coefficient (Wildman–Crippen LogP) is 6.16. The van der Waals surface area contributed by atoms with Crippen LogP contribution >= 0.6 is 0 Å². The van der Waals surface area contributed by atoms with Gasteiger partial charge in [-0.3, -0.25) is 38.9 Å². The molecule has 2 N–H and O–H groups in total. The van der Waals surface area contributed by atoms with Gasteiger partial charge in [0.15, 0.2) is 0 Å². The Balaban J connectivity index is 0.711. The van der Waals surface area contributed by atoms with Gasteiger partial charge in [-0.2, -0.15) is 5.10 Å². The van der Waals surface area contributed by atoms with Gasteiger partial charge in [-0.15, -0.1) is 0 Å². The molecule has 0 radical (unpaired) electrons. The standard InChI is InChI=1S/C48H63N11O4/c1-31(2)58-41-24-34(6-9-39(41)59(46(58)62)40-10-11-43(60)51-45(40)61)55-18-12-32(13-19-55)27-54-22-23-57(47(3,4)29-54)28-33-14-20-56(21-15-33)42-26-38(49-30-50-42)44-36-25-35(63-48(5)16-17-48)7-8-37(36)52-53-44/h6-9,24-26,30-33,40H,10-23,27-29H2,1-5H3,(H,52,53)(H,51,60,61). The van der Waals surface area contributed by atoms with E-state index in [0.29, 0.717) is 18.3 Å². The highest BCUT2D eigenvalue weighted by Gasteiger charge is 2.40. The molecule has 1 atom stereocenters. The molecule has 15 heteroatoms. The number of anilines is 2. The van der Waals surface area contributed by atoms with E-state index in [1.807, 2.05) is 32.0 Å². The first-order valence-corrected chi connectivity index (χ1v) is 23.4. The van der Waals surface area contributed by atoms with Crippen molar-refractivity contribution < 1.29 is 14.3 Å². The summed E-state index contributed by atoms with van der Waals surface area (Å²) in [6.07, 6.45) is 8.98. The summed E-state index contributed by atoms with van der Waals surface area (Å²) in [6, 6.07) is 13.7. The molecule has 1 unspecified atom stereocenters. The molecule has 1 aliphatic carbocycles. The van der Waals surface area contributed by atoms with E-state index >= 15 is 0 Å². The Kier molecular flexibility index (Phi) is 10.8. The van der Waals surface area contributed by atoms with Crippen molar-refractivity contribution in [1.82, 2.24) is 44.4 Å². The maximum Gasteiger partial charge on any atom is 0.330 e. The van der Waals surface area contributed by atoms with Crippen LogP contribution in [0, 0.1) is 11.8 Å². The number of piperazine rings is 1. The van der Waals surface area contributed by atoms with Crippen LogP contribution in [0.15, 0.2) is 53.6 Å². The van der Waals surface area contributed by atoms with Crippen LogP contribution in [-0.4, -0.2) is 121 Å². The minimum absolute atomic E-state index is 0.0412. The summed E-state index contributed by atoms with van der Waals surface area (Å²) >= 11 is 0. The molecule has 4 aliphatic heterocycles. The van der Waals surface area contributed by atoms with E-state index in [9.17, 15) is 14.4 Å². The molecule has 1 saturated carbocycles. The van der Waals surface area contributed by atoms with Gasteiger partial charge in [0.2, 0.25) is 11.8 Å². The van der Waals surface area contributed by atoms with Crippen LogP contribution in [0.4, 0.5) is 11.5 Å². The fourth-order valence-electron chi connectivity index (χ4n) is 10.8. The number of nitrogens with one attached hydrogen (secondary N) is 2. The highest BCUT2D eigenvalue weighted by molar-refractivity contribution is 6.00. The zero-order valence-corrected chi connectivity index (χ0v) is 37.6. The van der Waals surface area contributed by atoms with Crippen molar-refractivity contribution in [3.05, 3.63) is 59.3 Å². The lowest BCUT2D eigenvalue weighted by Crippen LogP contribution is -2.61. The number of aromatic nitrogens is 6. The maximum atomic E-state index is 13.7. The van der Waals surface area contributed by atoms with Gasteiger partial charge >= 0.3 is 5.69 Å². The third-order valence-electron chi connectivity index (χ3n) is 14.7. The van der Waals surface area contributed by atoms with Crippen molar-refractivity contribution in [1.29, 1.82) is 0 Å². The number of ether oxygens (including phenoxy) is 1. The van der Waals surface area contributed by atoms with Gasteiger partial charge < -0.3 is 14.5 Å². The molecule has 2 aromatic carbocycles. The number of imidazole rings is 1. The molecule has 0 bridgehead atoms. The molecule has 15 nitrogen and oxygen atoms in total. The molecule has 4 saturated heterocycles. The number of rotatable bonds is 11. The number of piperidine rings is 3. The van der Waals surface area contributed by atoms with Crippen molar-refractivity contribution in [2.24, 2.45) is 11.8 Å². The van der Waals surface area contributed by atoms with Gasteiger partial charge in [0.05, 0.1) is 22.2 Å². The number of hydrogen-bond donors (Lipinski definition) is 2. The van der Waals surface area contributed by atoms with Crippen LogP contribution in [0.5, 0.6) is 5.75 Å². The smallest absolute Gasteiger partial charge is 0.330 e. The second-order valence-corrected chi connectivity index (χ2v) is 20.2. The number of carbonyl (C=O) groups excluding carboxylic acids is 2. The Bertz CT molecular complexity index is 2570. The van der Waals surface area contributed by atoms with Crippen molar-refractivity contribution in [3.63, 3.8) is 0 Å². The zero-order chi connectivity index (χ0) is 43.6. The molecule has 7 heterocycles. The second-order valence-electron chi connectivity index (χ2n) is 20.2. The molecular weight excluding hydrogens is 795 g/mol. The van der Waals surface area contributed by atoms with Crippen LogP contribution < -0.4 is 25.5 Å². The van der Waals surface area contributed by atoms with E-state index in [1.54, 1.807) is 15.5 Å². The van der Waals surface area contributed by atoms with E-state index < -0.39 is 11.9 Å². The SMILES string of the molecule is CC(C)n1c(=O)n(C2CCC(=O)NC2=O)c2ccc(N3CCC(CN4CCN(CC5CCN(c6cc(-c7n[nH]c8ccc(OC9(C)CC9)cc78)ncn6)CC5)C(C)(C)C4)CC3)cc21. The zero-order valence-electron chi connectivity index (χ0n) is 37.6. The molecule has 5 aromatic rings. The minimum Gasteiger partial charge on any atom is -0.488 e. The molecule has 3 aromatic heterocycles. The number of fused-ring (bicyclic) bond motifs is 2. The van der Waals surface area contributed by atoms with Crippen LogP contribution in [0.3, 0.4) is 0 Å². The van der Waals surface area contributed by atoms with Gasteiger partial charge in [0, 0.05) is 94.0 Å². The Morgan fingerprint density at radius 2 is 1.56 bits per heavy atom. The minimum atomic E-state index is -0.683. The van der Waals surface area contributed by atoms with Gasteiger partial charge in [-0.25, -0.2) is 14.8 Å². The van der Waals surface area contributed by atoms with E-state index in [-0.39, 0.29) is 35.2 Å². The van der Waals surface area contributed by atoms with Crippen LogP contribution in [0.25, 0.3) is 33.3 Å². The summed E-state index contributed by atoms with van der Waals surface area (Å²) in [5.41, 5.74) is 5.20. The number of imide groups is 1. The van der Waals surface area contributed by atoms with Crippen molar-refractivity contribution in [3.8, 4) is 17.1 Å². The Hall–Kier alpha value is -5.28. The van der Waals surface area contributed by atoms with Gasteiger partial charge in [-0.05, 0) is 128 Å². The molecule has 63 heavy (non-hydrogen) atoms. The van der Waals surface area contributed by atoms with E-state index in [1.165, 1.54) is 0 Å². The summed E-state index contributed by atoms with van der Waals surface area (Å²) in [7, 11) is 0. The average molecular weight is 858 g/mol. The van der Waals surface area contributed by atoms with Gasteiger partial charge in [0.25, 0.3) is 0 Å². The van der Waals surface area contributed by atoms with Gasteiger partial charge in [0.1, 0.15) is 35.2 Å². The summed E-state index contributed by atoms with van der Waals surface area (Å²) in [5, 5.41) is 11.3. The largest absolute Gasteiger partial charge is 0.488 e. The summed E-state index contributed by atoms with van der Waals surface area (Å²) in [5.74, 6) is 2.46. The van der Waals surface area contributed by atoms with E-state index in [0.717, 1.165) is 148 Å². The highest BCUT2D eigenvalue weighted by Crippen LogP contribution is 2.41. The predicted molar refractivity (Wildman–Crippen MR) is 245 cm³/mol. The number of H-pyrrole nitrogens is 1. The molecule has 5 aliphatic rings. The molecule has 5 fully saturated rings. The summed E-state index contributed by atoms with van der Waals surface area (Å²) in [6.45, 7) is 20.5. The number of amides is 2. The highest BCUT2D eigenvalue weighted by atomic mass is 16.5. The van der Waals surface area contributed by atoms with E-state index in [2.05, 4.69) is 85.1 Å². The number of nitrogens with zero attached hydrogens (tertiary/aromatic N) is 9. The Labute approximate surface area is 369 Å². The van der Waals surface area contributed by atoms with Crippen LogP contribution in [0.1, 0.15) is 98.1 Å². The van der Waals surface area contributed by atoms with Crippen molar-refractivity contribution in [2.75, 3.05) is 68.7 Å². The van der Waals surface area contributed by atoms with Crippen LogP contribution in [0.2, 0.25) is 0 Å². The summed E-state index contributed by atoms with van der Waals surface area (Å²) in [4.78, 5) is 58.1. The lowest BCUT2D eigenvalue weighted by molar-refractivity contribution is -0.135. The molecule has 2 amide bonds. The maximum absolute atomic E-state index is 13.7.